The molecule has 9 nitrogen and oxygen atoms in total. The lowest BCUT2D eigenvalue weighted by molar-refractivity contribution is -0.139. The molecule has 13 heteroatoms. The molecule has 0 amide bonds. The molecule has 0 spiro atoms. The number of hydrogen-bond acceptors (Lipinski definition) is 7. The van der Waals surface area contributed by atoms with Gasteiger partial charge in [0.05, 0.1) is 17.2 Å². The van der Waals surface area contributed by atoms with Gasteiger partial charge in [-0.1, -0.05) is 0 Å². The number of ether oxygens (including phenoxy) is 1. The number of sulfonamides is 1. The maximum absolute atomic E-state index is 13.6. The van der Waals surface area contributed by atoms with Crippen molar-refractivity contribution in [2.75, 3.05) is 24.6 Å². The molecular weight excluding hydrogens is 413 g/mol. The van der Waals surface area contributed by atoms with Gasteiger partial charge in [0.2, 0.25) is 15.8 Å². The van der Waals surface area contributed by atoms with Gasteiger partial charge < -0.3 is 9.64 Å². The third-order valence-corrected chi connectivity index (χ3v) is 6.38. The first-order valence-corrected chi connectivity index (χ1v) is 10.6. The molecule has 0 bridgehead atoms. The maximum Gasteiger partial charge on any atom is 0.417 e. The Balaban J connectivity index is 1.89. The number of halogens is 3. The number of alkyl halides is 3. The van der Waals surface area contributed by atoms with Crippen LogP contribution in [0.3, 0.4) is 0 Å². The van der Waals surface area contributed by atoms with Crippen LogP contribution in [0.5, 0.6) is 0 Å². The quantitative estimate of drug-likeness (QED) is 0.753. The number of aromatic amines is 1. The lowest BCUT2D eigenvalue weighted by Crippen LogP contribution is -2.47. The molecule has 4 rings (SSSR count). The van der Waals surface area contributed by atoms with Crippen LogP contribution < -0.4 is 10.0 Å². The van der Waals surface area contributed by atoms with Crippen LogP contribution in [0, 0.1) is 5.92 Å². The van der Waals surface area contributed by atoms with E-state index in [2.05, 4.69) is 20.6 Å². The molecule has 2 aliphatic heterocycles. The number of rotatable bonds is 3. The number of hydrogen-bond donors (Lipinski definition) is 2. The normalized spacial score (nSPS) is 23.1. The van der Waals surface area contributed by atoms with E-state index in [1.54, 1.807) is 4.90 Å². The van der Waals surface area contributed by atoms with Crippen molar-refractivity contribution in [1.29, 1.82) is 0 Å². The van der Waals surface area contributed by atoms with E-state index in [1.165, 1.54) is 6.07 Å². The molecule has 158 valence electrons. The first kappa shape index (κ1) is 20.0. The highest BCUT2D eigenvalue weighted by atomic mass is 32.2. The summed E-state index contributed by atoms with van der Waals surface area (Å²) in [5.41, 5.74) is -1.44. The van der Waals surface area contributed by atoms with Crippen molar-refractivity contribution in [3.8, 4) is 11.4 Å². The molecule has 29 heavy (non-hydrogen) atoms. The van der Waals surface area contributed by atoms with Gasteiger partial charge in [0, 0.05) is 25.4 Å². The van der Waals surface area contributed by atoms with E-state index in [4.69, 9.17) is 9.88 Å². The number of nitrogens with one attached hydrogen (secondary N) is 1. The van der Waals surface area contributed by atoms with E-state index in [9.17, 15) is 21.6 Å². The highest BCUT2D eigenvalue weighted by Crippen LogP contribution is 2.44. The van der Waals surface area contributed by atoms with E-state index in [0.717, 1.165) is 25.3 Å². The SMILES string of the molecule is NS(=O)(=O)c1c(C(F)(F)F)ccc(N2CC[C@H]3CCCO[C@@H]3C2)c1-c1nn[nH]n1. The Morgan fingerprint density at radius 1 is 1.28 bits per heavy atom. The van der Waals surface area contributed by atoms with Gasteiger partial charge in [-0.15, -0.1) is 10.2 Å². The zero-order valence-corrected chi connectivity index (χ0v) is 16.0. The Bertz CT molecular complexity index is 996. The van der Waals surface area contributed by atoms with Gasteiger partial charge in [0.1, 0.15) is 4.90 Å². The van der Waals surface area contributed by atoms with Crippen molar-refractivity contribution < 1.29 is 26.3 Å². The Morgan fingerprint density at radius 3 is 2.72 bits per heavy atom. The number of H-pyrrole nitrogens is 1. The summed E-state index contributed by atoms with van der Waals surface area (Å²) in [5.74, 6) is 0.0996. The summed E-state index contributed by atoms with van der Waals surface area (Å²) in [6.07, 6.45) is -2.22. The summed E-state index contributed by atoms with van der Waals surface area (Å²) < 4.78 is 71.0. The van der Waals surface area contributed by atoms with Crippen molar-refractivity contribution in [1.82, 2.24) is 20.6 Å². The smallest absolute Gasteiger partial charge is 0.376 e. The summed E-state index contributed by atoms with van der Waals surface area (Å²) in [7, 11) is -4.76. The minimum atomic E-state index is -4.93. The van der Waals surface area contributed by atoms with E-state index >= 15 is 0 Å². The average Bonchev–Trinajstić information content (AvgIpc) is 3.19. The number of aromatic nitrogens is 4. The van der Waals surface area contributed by atoms with Gasteiger partial charge >= 0.3 is 6.18 Å². The van der Waals surface area contributed by atoms with Crippen molar-refractivity contribution in [3.05, 3.63) is 17.7 Å². The highest BCUT2D eigenvalue weighted by molar-refractivity contribution is 7.89. The second kappa shape index (κ2) is 7.22. The topological polar surface area (TPSA) is 127 Å². The minimum absolute atomic E-state index is 0.0733. The lowest BCUT2D eigenvalue weighted by Gasteiger charge is -2.42. The number of benzene rings is 1. The second-order valence-electron chi connectivity index (χ2n) is 7.16. The van der Waals surface area contributed by atoms with Crippen LogP contribution >= 0.6 is 0 Å². The number of piperidine rings is 1. The largest absolute Gasteiger partial charge is 0.417 e. The molecule has 3 heterocycles. The Kier molecular flexibility index (Phi) is 4.99. The predicted octanol–water partition coefficient (Wildman–Crippen LogP) is 1.54. The lowest BCUT2D eigenvalue weighted by atomic mass is 9.87. The predicted molar refractivity (Wildman–Crippen MR) is 95.3 cm³/mol. The van der Waals surface area contributed by atoms with Crippen LogP contribution in [0.2, 0.25) is 0 Å². The van der Waals surface area contributed by atoms with Crippen LogP contribution in [-0.2, 0) is 20.9 Å². The molecule has 0 radical (unpaired) electrons. The van der Waals surface area contributed by atoms with Crippen LogP contribution in [0.15, 0.2) is 17.0 Å². The van der Waals surface area contributed by atoms with Gasteiger partial charge in [-0.25, -0.2) is 13.6 Å². The summed E-state index contributed by atoms with van der Waals surface area (Å²) in [6, 6.07) is 1.96. The Morgan fingerprint density at radius 2 is 2.07 bits per heavy atom. The second-order valence-corrected chi connectivity index (χ2v) is 8.66. The zero-order valence-electron chi connectivity index (χ0n) is 15.2. The summed E-state index contributed by atoms with van der Waals surface area (Å²) in [4.78, 5) is 0.739. The zero-order chi connectivity index (χ0) is 20.8. The molecule has 2 aliphatic rings. The molecule has 2 fully saturated rings. The Labute approximate surface area is 164 Å². The fourth-order valence-corrected chi connectivity index (χ4v) is 5.09. The number of primary sulfonamides is 1. The third kappa shape index (κ3) is 3.81. The number of anilines is 1. The van der Waals surface area contributed by atoms with E-state index in [0.29, 0.717) is 25.6 Å². The van der Waals surface area contributed by atoms with Crippen LogP contribution in [0.4, 0.5) is 18.9 Å². The standard InChI is InChI=1S/C16H19F3N6O3S/c17-16(18,19)10-3-4-11(25-6-5-9-2-1-7-28-12(9)8-25)13(14(10)29(20,26)27)15-21-23-24-22-15/h3-4,9,12H,1-2,5-8H2,(H2,20,26,27)(H,21,22,23,24)/t9-,12-/m1/s1. The fourth-order valence-electron chi connectivity index (χ4n) is 4.12. The number of fused-ring (bicyclic) bond motifs is 1. The van der Waals surface area contributed by atoms with Gasteiger partial charge in [0.25, 0.3) is 0 Å². The molecular formula is C16H19F3N6O3S. The molecule has 3 N–H and O–H groups in total. The van der Waals surface area contributed by atoms with Gasteiger partial charge in [0.15, 0.2) is 0 Å². The molecule has 2 aromatic rings. The molecule has 0 aliphatic carbocycles. The van der Waals surface area contributed by atoms with Gasteiger partial charge in [-0.05, 0) is 42.5 Å². The molecule has 2 atom stereocenters. The Hall–Kier alpha value is -2.25. The van der Waals surface area contributed by atoms with Gasteiger partial charge in [-0.2, -0.15) is 18.4 Å². The van der Waals surface area contributed by atoms with Crippen molar-refractivity contribution in [2.45, 2.75) is 36.4 Å². The minimum Gasteiger partial charge on any atom is -0.376 e. The fraction of sp³-hybridized carbons (Fsp3) is 0.562. The number of nitrogens with two attached hydrogens (primary N) is 1. The molecule has 0 saturated carbocycles. The van der Waals surface area contributed by atoms with E-state index in [-0.39, 0.29) is 23.2 Å². The van der Waals surface area contributed by atoms with Crippen LogP contribution in [-0.4, -0.2) is 54.8 Å². The van der Waals surface area contributed by atoms with Crippen LogP contribution in [0.1, 0.15) is 24.8 Å². The van der Waals surface area contributed by atoms with Crippen LogP contribution in [0.25, 0.3) is 11.4 Å². The van der Waals surface area contributed by atoms with Crippen molar-refractivity contribution in [2.24, 2.45) is 11.1 Å². The maximum atomic E-state index is 13.6. The van der Waals surface area contributed by atoms with Crippen molar-refractivity contribution in [3.63, 3.8) is 0 Å². The molecule has 2 saturated heterocycles. The van der Waals surface area contributed by atoms with E-state index in [1.807, 2.05) is 0 Å². The monoisotopic (exact) mass is 432 g/mol. The first-order chi connectivity index (χ1) is 13.7. The average molecular weight is 432 g/mol. The molecule has 0 unspecified atom stereocenters. The third-order valence-electron chi connectivity index (χ3n) is 5.38. The number of nitrogens with zero attached hydrogens (tertiary/aromatic N) is 4. The van der Waals surface area contributed by atoms with Gasteiger partial charge in [-0.3, -0.25) is 0 Å². The molecule has 1 aromatic heterocycles. The molecule has 1 aromatic carbocycles. The summed E-state index contributed by atoms with van der Waals surface area (Å²) in [6.45, 7) is 1.58. The summed E-state index contributed by atoms with van der Waals surface area (Å²) >= 11 is 0. The van der Waals surface area contributed by atoms with E-state index < -0.39 is 26.7 Å². The first-order valence-electron chi connectivity index (χ1n) is 9.03. The summed E-state index contributed by atoms with van der Waals surface area (Å²) in [5, 5.41) is 18.2. The number of tetrazole rings is 1. The highest BCUT2D eigenvalue weighted by Gasteiger charge is 2.41. The van der Waals surface area contributed by atoms with Crippen molar-refractivity contribution >= 4 is 15.7 Å².